The van der Waals surface area contributed by atoms with Crippen LogP contribution in [-0.2, 0) is 4.79 Å². The Morgan fingerprint density at radius 2 is 1.83 bits per heavy atom. The van der Waals surface area contributed by atoms with Gasteiger partial charge in [-0.1, -0.05) is 46.2 Å². The molecule has 2 heterocycles. The van der Waals surface area contributed by atoms with Crippen molar-refractivity contribution in [1.82, 2.24) is 19.9 Å². The van der Waals surface area contributed by atoms with Crippen molar-refractivity contribution in [1.29, 1.82) is 0 Å². The molecule has 4 aromatic rings. The number of hydrogen-bond donors (Lipinski definition) is 1. The summed E-state index contributed by atoms with van der Waals surface area (Å²) in [5.41, 5.74) is 3.63. The summed E-state index contributed by atoms with van der Waals surface area (Å²) in [7, 11) is 0. The average molecular weight is 440 g/mol. The number of amides is 1. The van der Waals surface area contributed by atoms with Gasteiger partial charge in [-0.3, -0.25) is 14.7 Å². The third-order valence-corrected chi connectivity index (χ3v) is 5.43. The number of hydrogen-bond acceptors (Lipinski definition) is 6. The van der Waals surface area contributed by atoms with Crippen molar-refractivity contribution in [2.24, 2.45) is 0 Å². The molecule has 1 N–H and O–H groups in total. The van der Waals surface area contributed by atoms with Crippen LogP contribution in [0.1, 0.15) is 11.3 Å². The topological polar surface area (TPSA) is 85.8 Å². The van der Waals surface area contributed by atoms with Gasteiger partial charge in [0.25, 0.3) is 0 Å². The maximum absolute atomic E-state index is 12.3. The third-order valence-electron chi connectivity index (χ3n) is 4.25. The fourth-order valence-electron chi connectivity index (χ4n) is 2.80. The molecule has 0 atom stereocenters. The van der Waals surface area contributed by atoms with Crippen molar-refractivity contribution in [2.45, 2.75) is 19.0 Å². The molecule has 1 amide bonds. The second-order valence-electron chi connectivity index (χ2n) is 6.65. The second-order valence-corrected chi connectivity index (χ2v) is 8.03. The van der Waals surface area contributed by atoms with Crippen molar-refractivity contribution < 1.29 is 9.32 Å². The highest BCUT2D eigenvalue weighted by molar-refractivity contribution is 7.99. The van der Waals surface area contributed by atoms with E-state index in [4.69, 9.17) is 16.1 Å². The Kier molecular flexibility index (Phi) is 5.87. The minimum atomic E-state index is -0.220. The van der Waals surface area contributed by atoms with Crippen LogP contribution in [0.2, 0.25) is 5.02 Å². The number of carbonyl (C=O) groups excluding carboxylic acids is 1. The lowest BCUT2D eigenvalue weighted by Crippen LogP contribution is -2.14. The van der Waals surface area contributed by atoms with E-state index in [1.807, 2.05) is 60.0 Å². The molecule has 0 radical (unpaired) electrons. The largest absolute Gasteiger partial charge is 0.338 e. The van der Waals surface area contributed by atoms with Crippen LogP contribution >= 0.6 is 23.4 Å². The van der Waals surface area contributed by atoms with Crippen molar-refractivity contribution in [3.63, 3.8) is 0 Å². The quantitative estimate of drug-likeness (QED) is 0.429. The fraction of sp³-hybridized carbons (Fsp3) is 0.143. The van der Waals surface area contributed by atoms with Gasteiger partial charge in [0.1, 0.15) is 0 Å². The average Bonchev–Trinajstić information content (AvgIpc) is 3.34. The van der Waals surface area contributed by atoms with E-state index in [1.165, 1.54) is 11.8 Å². The SMILES string of the molecule is Cc1ccc(-n2c(SCC(=O)Nc3cc(C)no3)nnc2-c2ccc(Cl)cc2)cc1. The Morgan fingerprint density at radius 1 is 1.10 bits per heavy atom. The first-order valence-corrected chi connectivity index (χ1v) is 10.5. The summed E-state index contributed by atoms with van der Waals surface area (Å²) in [6, 6.07) is 17.1. The molecule has 30 heavy (non-hydrogen) atoms. The van der Waals surface area contributed by atoms with Crippen LogP contribution in [0.4, 0.5) is 5.88 Å². The Labute approximate surface area is 182 Å². The van der Waals surface area contributed by atoms with Crippen LogP contribution in [0.15, 0.2) is 64.3 Å². The molecule has 0 unspecified atom stereocenters. The van der Waals surface area contributed by atoms with Gasteiger partial charge in [-0.25, -0.2) is 0 Å². The zero-order chi connectivity index (χ0) is 21.1. The van der Waals surface area contributed by atoms with E-state index in [0.29, 0.717) is 27.6 Å². The van der Waals surface area contributed by atoms with Gasteiger partial charge in [-0.2, -0.15) is 0 Å². The van der Waals surface area contributed by atoms with E-state index in [0.717, 1.165) is 16.8 Å². The number of carbonyl (C=O) groups is 1. The lowest BCUT2D eigenvalue weighted by atomic mass is 10.2. The molecule has 0 aliphatic heterocycles. The summed E-state index contributed by atoms with van der Waals surface area (Å²) in [6.45, 7) is 3.82. The number of rotatable bonds is 6. The Bertz CT molecular complexity index is 1170. The van der Waals surface area contributed by atoms with Crippen molar-refractivity contribution >= 4 is 35.2 Å². The van der Waals surface area contributed by atoms with Crippen molar-refractivity contribution in [3.05, 3.63) is 70.9 Å². The van der Waals surface area contributed by atoms with Crippen LogP contribution in [0.25, 0.3) is 17.1 Å². The molecule has 2 aromatic heterocycles. The first kappa shape index (κ1) is 20.2. The van der Waals surface area contributed by atoms with Crippen LogP contribution in [0, 0.1) is 13.8 Å². The normalized spacial score (nSPS) is 10.9. The molecule has 0 saturated carbocycles. The number of aromatic nitrogens is 4. The van der Waals surface area contributed by atoms with Gasteiger partial charge in [0.2, 0.25) is 11.8 Å². The van der Waals surface area contributed by atoms with E-state index < -0.39 is 0 Å². The minimum absolute atomic E-state index is 0.143. The molecule has 0 spiro atoms. The summed E-state index contributed by atoms with van der Waals surface area (Å²) in [5.74, 6) is 0.913. The zero-order valence-corrected chi connectivity index (χ0v) is 17.9. The number of thioether (sulfide) groups is 1. The van der Waals surface area contributed by atoms with Crippen molar-refractivity contribution in [3.8, 4) is 17.1 Å². The summed E-state index contributed by atoms with van der Waals surface area (Å²) in [6.07, 6.45) is 0. The second kappa shape index (κ2) is 8.73. The van der Waals surface area contributed by atoms with Crippen LogP contribution in [-0.4, -0.2) is 31.6 Å². The van der Waals surface area contributed by atoms with E-state index in [9.17, 15) is 4.79 Å². The first-order chi connectivity index (χ1) is 14.5. The fourth-order valence-corrected chi connectivity index (χ4v) is 3.68. The van der Waals surface area contributed by atoms with Crippen LogP contribution in [0.3, 0.4) is 0 Å². The van der Waals surface area contributed by atoms with Gasteiger partial charge in [-0.05, 0) is 50.2 Å². The van der Waals surface area contributed by atoms with Crippen LogP contribution in [0.5, 0.6) is 0 Å². The summed E-state index contributed by atoms with van der Waals surface area (Å²) >= 11 is 7.32. The molecule has 0 fully saturated rings. The van der Waals surface area contributed by atoms with Gasteiger partial charge in [-0.15, -0.1) is 10.2 Å². The number of aryl methyl sites for hydroxylation is 2. The molecule has 0 aliphatic carbocycles. The van der Waals surface area contributed by atoms with E-state index in [-0.39, 0.29) is 11.7 Å². The number of anilines is 1. The number of halogens is 1. The van der Waals surface area contributed by atoms with E-state index in [2.05, 4.69) is 20.7 Å². The molecular formula is C21H18ClN5O2S. The molecule has 2 aromatic carbocycles. The van der Waals surface area contributed by atoms with E-state index >= 15 is 0 Å². The van der Waals surface area contributed by atoms with E-state index in [1.54, 1.807) is 13.0 Å². The van der Waals surface area contributed by atoms with Gasteiger partial charge in [0.05, 0.1) is 11.4 Å². The molecule has 152 valence electrons. The van der Waals surface area contributed by atoms with Crippen LogP contribution < -0.4 is 5.32 Å². The smallest absolute Gasteiger partial charge is 0.237 e. The Morgan fingerprint density at radius 3 is 2.50 bits per heavy atom. The Balaban J connectivity index is 1.61. The molecule has 9 heteroatoms. The predicted molar refractivity (Wildman–Crippen MR) is 117 cm³/mol. The van der Waals surface area contributed by atoms with Gasteiger partial charge >= 0.3 is 0 Å². The highest BCUT2D eigenvalue weighted by Crippen LogP contribution is 2.29. The standard InChI is InChI=1S/C21H18ClN5O2S/c1-13-3-9-17(10-4-13)27-20(15-5-7-16(22)8-6-15)24-25-21(27)30-12-18(28)23-19-11-14(2)26-29-19/h3-11H,12H2,1-2H3,(H,23,28). The first-order valence-electron chi connectivity index (χ1n) is 9.14. The van der Waals surface area contributed by atoms with Gasteiger partial charge in [0.15, 0.2) is 11.0 Å². The lowest BCUT2D eigenvalue weighted by Gasteiger charge is -2.11. The maximum Gasteiger partial charge on any atom is 0.237 e. The number of nitrogens with one attached hydrogen (secondary N) is 1. The lowest BCUT2D eigenvalue weighted by molar-refractivity contribution is -0.113. The number of nitrogens with zero attached hydrogens (tertiary/aromatic N) is 4. The van der Waals surface area contributed by atoms with Gasteiger partial charge < -0.3 is 4.52 Å². The highest BCUT2D eigenvalue weighted by Gasteiger charge is 2.18. The maximum atomic E-state index is 12.3. The molecule has 0 bridgehead atoms. The molecule has 0 aliphatic rings. The molecule has 0 saturated heterocycles. The Hall–Kier alpha value is -3.10. The zero-order valence-electron chi connectivity index (χ0n) is 16.3. The summed E-state index contributed by atoms with van der Waals surface area (Å²) in [5, 5.41) is 16.4. The summed E-state index contributed by atoms with van der Waals surface area (Å²) in [4.78, 5) is 12.3. The molecular weight excluding hydrogens is 422 g/mol. The molecule has 4 rings (SSSR count). The van der Waals surface area contributed by atoms with Crippen molar-refractivity contribution in [2.75, 3.05) is 11.1 Å². The molecule has 7 nitrogen and oxygen atoms in total. The number of benzene rings is 2. The predicted octanol–water partition coefficient (Wildman–Crippen LogP) is 4.92. The van der Waals surface area contributed by atoms with Gasteiger partial charge in [0, 0.05) is 22.3 Å². The highest BCUT2D eigenvalue weighted by atomic mass is 35.5. The monoisotopic (exact) mass is 439 g/mol. The summed E-state index contributed by atoms with van der Waals surface area (Å²) < 4.78 is 6.96. The minimum Gasteiger partial charge on any atom is -0.338 e. The third kappa shape index (κ3) is 4.55.